The first kappa shape index (κ1) is 32.0. The van der Waals surface area contributed by atoms with Crippen LogP contribution in [0.15, 0.2) is 0 Å². The molecule has 0 fully saturated rings. The van der Waals surface area contributed by atoms with Gasteiger partial charge in [0.05, 0.1) is 0 Å². The van der Waals surface area contributed by atoms with Gasteiger partial charge in [0, 0.05) is 0 Å². The summed E-state index contributed by atoms with van der Waals surface area (Å²) in [5.74, 6) is 0.843. The second-order valence-electron chi connectivity index (χ2n) is 10.9. The number of unbranched alkanes of at least 4 members (excludes halogenated alkanes) is 24. The van der Waals surface area contributed by atoms with Crippen molar-refractivity contribution in [2.75, 3.05) is 0 Å². The average Bonchev–Trinajstić information content (AvgIpc) is 2.80. The van der Waals surface area contributed by atoms with Gasteiger partial charge >= 0.3 is 0 Å². The fourth-order valence-corrected chi connectivity index (χ4v) is 4.99. The molecule has 1 atom stereocenters. The summed E-state index contributed by atoms with van der Waals surface area (Å²) >= 11 is 0. The molecule has 0 amide bonds. The van der Waals surface area contributed by atoms with Crippen LogP contribution in [0, 0.1) is 12.3 Å². The van der Waals surface area contributed by atoms with E-state index in [1.807, 2.05) is 0 Å². The van der Waals surface area contributed by atoms with Crippen molar-refractivity contribution in [1.29, 1.82) is 0 Å². The Kier molecular flexibility index (Phi) is 29.0. The minimum atomic E-state index is 0.843. The normalized spacial score (nSPS) is 12.5. The molecule has 32 heavy (non-hydrogen) atoms. The van der Waals surface area contributed by atoms with Crippen molar-refractivity contribution in [3.63, 3.8) is 0 Å². The fourth-order valence-electron chi connectivity index (χ4n) is 4.99. The molecule has 0 N–H and O–H groups in total. The van der Waals surface area contributed by atoms with Gasteiger partial charge in [-0.1, -0.05) is 188 Å². The van der Waals surface area contributed by atoms with Gasteiger partial charge in [-0.2, -0.15) is 0 Å². The Bertz CT molecular complexity index is 307. The summed E-state index contributed by atoms with van der Waals surface area (Å²) in [4.78, 5) is 0. The van der Waals surface area contributed by atoms with E-state index in [-0.39, 0.29) is 0 Å². The molecule has 0 heterocycles. The molecule has 0 saturated carbocycles. The molecule has 0 aromatic carbocycles. The fraction of sp³-hybridized carbons (Fsp3) is 0.969. The van der Waals surface area contributed by atoms with Crippen LogP contribution >= 0.6 is 0 Å². The topological polar surface area (TPSA) is 0 Å². The Hall–Kier alpha value is 0. The van der Waals surface area contributed by atoms with Gasteiger partial charge < -0.3 is 0 Å². The largest absolute Gasteiger partial charge is 0.0654 e. The molecular weight excluding hydrogens is 384 g/mol. The van der Waals surface area contributed by atoms with Gasteiger partial charge in [0.1, 0.15) is 0 Å². The van der Waals surface area contributed by atoms with E-state index in [2.05, 4.69) is 27.2 Å². The zero-order valence-electron chi connectivity index (χ0n) is 23.2. The van der Waals surface area contributed by atoms with Crippen LogP contribution in [0.4, 0.5) is 0 Å². The van der Waals surface area contributed by atoms with E-state index < -0.39 is 0 Å². The highest BCUT2D eigenvalue weighted by molar-refractivity contribution is 4.72. The van der Waals surface area contributed by atoms with Crippen LogP contribution in [0.2, 0.25) is 0 Å². The third-order valence-electron chi connectivity index (χ3n) is 7.39. The van der Waals surface area contributed by atoms with Crippen LogP contribution in [-0.4, -0.2) is 0 Å². The monoisotopic (exact) mass is 450 g/mol. The summed E-state index contributed by atoms with van der Waals surface area (Å²) in [7, 11) is 0. The first-order valence-corrected chi connectivity index (χ1v) is 15.6. The maximum absolute atomic E-state index is 2.62. The third kappa shape index (κ3) is 28.0. The Morgan fingerprint density at radius 3 is 1.00 bits per heavy atom. The molecule has 1 radical (unpaired) electrons. The summed E-state index contributed by atoms with van der Waals surface area (Å²) in [6, 6.07) is 0. The lowest BCUT2D eigenvalue weighted by atomic mass is 9.95. The summed E-state index contributed by atoms with van der Waals surface area (Å²) < 4.78 is 0. The predicted molar refractivity (Wildman–Crippen MR) is 149 cm³/mol. The van der Waals surface area contributed by atoms with Crippen molar-refractivity contribution in [2.24, 2.45) is 5.92 Å². The molecule has 0 aliphatic carbocycles. The highest BCUT2D eigenvalue weighted by Gasteiger charge is 2.02. The minimum absolute atomic E-state index is 0.843. The molecule has 193 valence electrons. The third-order valence-corrected chi connectivity index (χ3v) is 7.39. The van der Waals surface area contributed by atoms with Crippen molar-refractivity contribution in [2.45, 2.75) is 194 Å². The molecule has 0 spiro atoms. The van der Waals surface area contributed by atoms with Crippen LogP contribution in [0.3, 0.4) is 0 Å². The smallest absolute Gasteiger partial charge is 0.0358 e. The quantitative estimate of drug-likeness (QED) is 0.104. The molecular formula is C32H65. The molecule has 1 unspecified atom stereocenters. The van der Waals surface area contributed by atoms with Crippen LogP contribution in [0.25, 0.3) is 0 Å². The van der Waals surface area contributed by atoms with E-state index in [1.165, 1.54) is 173 Å². The zero-order valence-corrected chi connectivity index (χ0v) is 23.2. The summed E-state index contributed by atoms with van der Waals surface area (Å²) in [6.07, 6.45) is 41.9. The highest BCUT2D eigenvalue weighted by atomic mass is 14.1. The van der Waals surface area contributed by atoms with Crippen LogP contribution in [0.1, 0.15) is 194 Å². The van der Waals surface area contributed by atoms with Gasteiger partial charge in [-0.3, -0.25) is 0 Å². The van der Waals surface area contributed by atoms with Crippen molar-refractivity contribution in [1.82, 2.24) is 0 Å². The predicted octanol–water partition coefficient (Wildman–Crippen LogP) is 12.4. The molecule has 0 aliphatic rings. The standard InChI is InChI=1S/C32H65/c1-4-6-8-10-12-14-16-17-18-19-20-21-23-25-27-29-31-32(3)30-28-26-24-22-15-13-11-9-7-5-2/h31-32H,4-30H2,1-3H3. The van der Waals surface area contributed by atoms with Crippen LogP contribution in [0.5, 0.6) is 0 Å². The van der Waals surface area contributed by atoms with Crippen LogP contribution < -0.4 is 0 Å². The van der Waals surface area contributed by atoms with E-state index in [1.54, 1.807) is 0 Å². The summed E-state index contributed by atoms with van der Waals surface area (Å²) in [5.41, 5.74) is 0. The molecule has 0 rings (SSSR count). The molecule has 0 heteroatoms. The van der Waals surface area contributed by atoms with E-state index in [9.17, 15) is 0 Å². The van der Waals surface area contributed by atoms with Crippen molar-refractivity contribution in [3.05, 3.63) is 6.42 Å². The van der Waals surface area contributed by atoms with Crippen molar-refractivity contribution in [3.8, 4) is 0 Å². The van der Waals surface area contributed by atoms with E-state index in [0.29, 0.717) is 0 Å². The minimum Gasteiger partial charge on any atom is -0.0654 e. The van der Waals surface area contributed by atoms with E-state index in [4.69, 9.17) is 0 Å². The van der Waals surface area contributed by atoms with Crippen LogP contribution in [-0.2, 0) is 0 Å². The first-order chi connectivity index (χ1) is 15.8. The van der Waals surface area contributed by atoms with Crippen molar-refractivity contribution < 1.29 is 0 Å². The average molecular weight is 450 g/mol. The SMILES string of the molecule is CCCCCCCCCCCCCCCCC[CH]C(C)CCCCCCCCCCCC. The Morgan fingerprint density at radius 2 is 0.656 bits per heavy atom. The Labute approximate surface area is 206 Å². The second-order valence-corrected chi connectivity index (χ2v) is 10.9. The number of hydrogen-bond donors (Lipinski definition) is 0. The number of hydrogen-bond acceptors (Lipinski definition) is 0. The van der Waals surface area contributed by atoms with Gasteiger partial charge in [0.25, 0.3) is 0 Å². The highest BCUT2D eigenvalue weighted by Crippen LogP contribution is 2.19. The lowest BCUT2D eigenvalue weighted by molar-refractivity contribution is 0.496. The maximum Gasteiger partial charge on any atom is -0.0358 e. The zero-order chi connectivity index (χ0) is 23.4. The molecule has 0 bridgehead atoms. The second kappa shape index (κ2) is 29.0. The lowest BCUT2D eigenvalue weighted by Crippen LogP contribution is -1.96. The lowest BCUT2D eigenvalue weighted by Gasteiger charge is -2.10. The van der Waals surface area contributed by atoms with Gasteiger partial charge in [0.2, 0.25) is 0 Å². The van der Waals surface area contributed by atoms with Gasteiger partial charge in [-0.05, 0) is 18.8 Å². The summed E-state index contributed by atoms with van der Waals surface area (Å²) in [6.45, 7) is 7.05. The molecule has 0 aromatic heterocycles. The molecule has 0 nitrogen and oxygen atoms in total. The van der Waals surface area contributed by atoms with E-state index >= 15 is 0 Å². The molecule has 0 saturated heterocycles. The van der Waals surface area contributed by atoms with Gasteiger partial charge in [0.15, 0.2) is 0 Å². The Morgan fingerprint density at radius 1 is 0.375 bits per heavy atom. The van der Waals surface area contributed by atoms with Crippen molar-refractivity contribution >= 4 is 0 Å². The van der Waals surface area contributed by atoms with E-state index in [0.717, 1.165) is 5.92 Å². The number of rotatable bonds is 28. The van der Waals surface area contributed by atoms with Gasteiger partial charge in [-0.25, -0.2) is 0 Å². The summed E-state index contributed by atoms with van der Waals surface area (Å²) in [5, 5.41) is 0. The maximum atomic E-state index is 2.62. The Balaban J connectivity index is 3.12. The molecule has 0 aliphatic heterocycles. The molecule has 0 aromatic rings. The first-order valence-electron chi connectivity index (χ1n) is 15.6. The van der Waals surface area contributed by atoms with Gasteiger partial charge in [-0.15, -0.1) is 0 Å².